The molecule has 0 aliphatic carbocycles. The van der Waals surface area contributed by atoms with E-state index >= 15 is 0 Å². The van der Waals surface area contributed by atoms with E-state index in [2.05, 4.69) is 10.3 Å². The first-order valence-corrected chi connectivity index (χ1v) is 6.27. The van der Waals surface area contributed by atoms with Crippen LogP contribution in [0.1, 0.15) is 11.3 Å². The topological polar surface area (TPSA) is 54.1 Å². The highest BCUT2D eigenvalue weighted by Crippen LogP contribution is 2.19. The minimum absolute atomic E-state index is 0.0839. The first-order chi connectivity index (χ1) is 8.70. The highest BCUT2D eigenvalue weighted by Gasteiger charge is 2.07. The predicted molar refractivity (Wildman–Crippen MR) is 68.4 cm³/mol. The SMILES string of the molecule is COc1cccc(CNCc2csc(=O)[nH]2)c1F. The van der Waals surface area contributed by atoms with E-state index in [-0.39, 0.29) is 16.4 Å². The molecule has 2 rings (SSSR count). The van der Waals surface area contributed by atoms with Crippen molar-refractivity contribution in [2.24, 2.45) is 0 Å². The molecule has 6 heteroatoms. The maximum atomic E-state index is 13.8. The highest BCUT2D eigenvalue weighted by atomic mass is 32.1. The average molecular weight is 268 g/mol. The summed E-state index contributed by atoms with van der Waals surface area (Å²) in [5.41, 5.74) is 1.33. The fourth-order valence-corrected chi connectivity index (χ4v) is 2.16. The summed E-state index contributed by atoms with van der Waals surface area (Å²) in [7, 11) is 1.44. The second-order valence-corrected chi connectivity index (χ2v) is 4.55. The quantitative estimate of drug-likeness (QED) is 0.870. The van der Waals surface area contributed by atoms with E-state index in [1.807, 2.05) is 0 Å². The van der Waals surface area contributed by atoms with E-state index in [9.17, 15) is 9.18 Å². The van der Waals surface area contributed by atoms with Gasteiger partial charge in [-0.05, 0) is 6.07 Å². The molecular weight excluding hydrogens is 255 g/mol. The van der Waals surface area contributed by atoms with Gasteiger partial charge in [-0.3, -0.25) is 4.79 Å². The molecule has 0 atom stereocenters. The first-order valence-electron chi connectivity index (χ1n) is 5.39. The lowest BCUT2D eigenvalue weighted by atomic mass is 10.2. The summed E-state index contributed by atoms with van der Waals surface area (Å²) in [4.78, 5) is 13.5. The lowest BCUT2D eigenvalue weighted by Crippen LogP contribution is -2.15. The molecule has 0 aliphatic rings. The standard InChI is InChI=1S/C12H13FN2O2S/c1-17-10-4-2-3-8(11(10)13)5-14-6-9-7-18-12(16)15-9/h2-4,7,14H,5-6H2,1H3,(H,15,16). The molecule has 0 radical (unpaired) electrons. The van der Waals surface area contributed by atoms with Gasteiger partial charge in [-0.2, -0.15) is 0 Å². The van der Waals surface area contributed by atoms with Crippen LogP contribution in [0.5, 0.6) is 5.75 Å². The minimum atomic E-state index is -0.355. The summed E-state index contributed by atoms with van der Waals surface area (Å²) in [5.74, 6) is -0.121. The number of hydrogen-bond donors (Lipinski definition) is 2. The summed E-state index contributed by atoms with van der Waals surface area (Å²) >= 11 is 1.11. The van der Waals surface area contributed by atoms with Gasteiger partial charge in [0.1, 0.15) is 0 Å². The fraction of sp³-hybridized carbons (Fsp3) is 0.250. The van der Waals surface area contributed by atoms with Crippen molar-refractivity contribution in [1.82, 2.24) is 10.3 Å². The maximum Gasteiger partial charge on any atom is 0.304 e. The highest BCUT2D eigenvalue weighted by molar-refractivity contribution is 7.07. The fourth-order valence-electron chi connectivity index (χ4n) is 1.58. The molecule has 0 fully saturated rings. The van der Waals surface area contributed by atoms with E-state index in [1.165, 1.54) is 7.11 Å². The Morgan fingerprint density at radius 1 is 1.44 bits per heavy atom. The smallest absolute Gasteiger partial charge is 0.304 e. The Morgan fingerprint density at radius 2 is 2.28 bits per heavy atom. The molecule has 0 aliphatic heterocycles. The molecule has 2 N–H and O–H groups in total. The van der Waals surface area contributed by atoms with Crippen molar-refractivity contribution in [2.75, 3.05) is 7.11 Å². The van der Waals surface area contributed by atoms with Crippen LogP contribution < -0.4 is 14.9 Å². The van der Waals surface area contributed by atoms with Crippen LogP contribution in [-0.4, -0.2) is 12.1 Å². The number of ether oxygens (including phenoxy) is 1. The second-order valence-electron chi connectivity index (χ2n) is 3.71. The molecule has 1 aromatic heterocycles. The summed E-state index contributed by atoms with van der Waals surface area (Å²) in [5, 5.41) is 4.81. The zero-order valence-corrected chi connectivity index (χ0v) is 10.6. The molecule has 0 spiro atoms. The Labute approximate surface area is 107 Å². The number of thiazole rings is 1. The molecule has 18 heavy (non-hydrogen) atoms. The largest absolute Gasteiger partial charge is 0.494 e. The van der Waals surface area contributed by atoms with Crippen LogP contribution in [0.2, 0.25) is 0 Å². The summed E-state index contributed by atoms with van der Waals surface area (Å²) in [6.07, 6.45) is 0. The van der Waals surface area contributed by atoms with Crippen LogP contribution in [0.25, 0.3) is 0 Å². The summed E-state index contributed by atoms with van der Waals surface area (Å²) < 4.78 is 18.7. The van der Waals surface area contributed by atoms with Gasteiger partial charge in [0, 0.05) is 29.7 Å². The molecule has 1 heterocycles. The molecule has 0 amide bonds. The van der Waals surface area contributed by atoms with Gasteiger partial charge >= 0.3 is 4.87 Å². The number of halogens is 1. The van der Waals surface area contributed by atoms with Crippen molar-refractivity contribution in [3.63, 3.8) is 0 Å². The van der Waals surface area contributed by atoms with E-state index in [4.69, 9.17) is 4.74 Å². The predicted octanol–water partition coefficient (Wildman–Crippen LogP) is 1.87. The Balaban J connectivity index is 1.96. The zero-order chi connectivity index (χ0) is 13.0. The molecule has 4 nitrogen and oxygen atoms in total. The monoisotopic (exact) mass is 268 g/mol. The molecule has 0 saturated heterocycles. The molecular formula is C12H13FN2O2S. The van der Waals surface area contributed by atoms with Gasteiger partial charge in [-0.1, -0.05) is 23.5 Å². The third-order valence-corrected chi connectivity index (χ3v) is 3.18. The van der Waals surface area contributed by atoms with Crippen LogP contribution >= 0.6 is 11.3 Å². The van der Waals surface area contributed by atoms with E-state index in [0.717, 1.165) is 17.0 Å². The molecule has 96 valence electrons. The summed E-state index contributed by atoms with van der Waals surface area (Å²) in [6, 6.07) is 5.02. The Hall–Kier alpha value is -1.66. The van der Waals surface area contributed by atoms with Crippen molar-refractivity contribution in [1.29, 1.82) is 0 Å². The molecule has 2 aromatic rings. The molecule has 1 aromatic carbocycles. The normalized spacial score (nSPS) is 10.6. The van der Waals surface area contributed by atoms with Crippen LogP contribution in [0.4, 0.5) is 4.39 Å². The van der Waals surface area contributed by atoms with E-state index in [1.54, 1.807) is 23.6 Å². The zero-order valence-electron chi connectivity index (χ0n) is 9.83. The number of methoxy groups -OCH3 is 1. The van der Waals surface area contributed by atoms with Crippen LogP contribution in [0.15, 0.2) is 28.4 Å². The number of aromatic nitrogens is 1. The van der Waals surface area contributed by atoms with Gasteiger partial charge in [0.05, 0.1) is 7.11 Å². The van der Waals surface area contributed by atoms with Crippen molar-refractivity contribution in [2.45, 2.75) is 13.1 Å². The minimum Gasteiger partial charge on any atom is -0.494 e. The number of hydrogen-bond acceptors (Lipinski definition) is 4. The second kappa shape index (κ2) is 5.79. The van der Waals surface area contributed by atoms with Gasteiger partial charge in [0.2, 0.25) is 0 Å². The van der Waals surface area contributed by atoms with Crippen LogP contribution in [0, 0.1) is 5.82 Å². The average Bonchev–Trinajstić information content (AvgIpc) is 2.77. The molecule has 0 bridgehead atoms. The molecule has 0 saturated carbocycles. The maximum absolute atomic E-state index is 13.8. The van der Waals surface area contributed by atoms with Gasteiger partial charge in [0.15, 0.2) is 11.6 Å². The number of nitrogens with one attached hydrogen (secondary N) is 2. The number of rotatable bonds is 5. The van der Waals surface area contributed by atoms with Crippen molar-refractivity contribution in [3.8, 4) is 5.75 Å². The van der Waals surface area contributed by atoms with Gasteiger partial charge in [-0.15, -0.1) is 0 Å². The lowest BCUT2D eigenvalue weighted by Gasteiger charge is -2.08. The number of benzene rings is 1. The number of aromatic amines is 1. The van der Waals surface area contributed by atoms with Crippen LogP contribution in [-0.2, 0) is 13.1 Å². The van der Waals surface area contributed by atoms with Crippen molar-refractivity contribution < 1.29 is 9.13 Å². The van der Waals surface area contributed by atoms with Crippen molar-refractivity contribution in [3.05, 3.63) is 50.3 Å². The van der Waals surface area contributed by atoms with E-state index < -0.39 is 0 Å². The van der Waals surface area contributed by atoms with Gasteiger partial charge < -0.3 is 15.0 Å². The number of H-pyrrole nitrogens is 1. The lowest BCUT2D eigenvalue weighted by molar-refractivity contribution is 0.383. The first kappa shape index (κ1) is 12.8. The van der Waals surface area contributed by atoms with Gasteiger partial charge in [-0.25, -0.2) is 4.39 Å². The van der Waals surface area contributed by atoms with Crippen molar-refractivity contribution >= 4 is 11.3 Å². The Kier molecular flexibility index (Phi) is 4.11. The molecule has 0 unspecified atom stereocenters. The van der Waals surface area contributed by atoms with Crippen LogP contribution in [0.3, 0.4) is 0 Å². The Bertz CT molecular complexity index is 579. The van der Waals surface area contributed by atoms with E-state index in [0.29, 0.717) is 18.7 Å². The Morgan fingerprint density at radius 3 is 2.94 bits per heavy atom. The summed E-state index contributed by atoms with van der Waals surface area (Å²) in [6.45, 7) is 0.871. The van der Waals surface area contributed by atoms with Gasteiger partial charge in [0.25, 0.3) is 0 Å². The third-order valence-electron chi connectivity index (χ3n) is 2.46. The third kappa shape index (κ3) is 2.96.